The van der Waals surface area contributed by atoms with Crippen molar-refractivity contribution in [3.63, 3.8) is 0 Å². The Labute approximate surface area is 183 Å². The van der Waals surface area contributed by atoms with Crippen LogP contribution in [0.25, 0.3) is 0 Å². The molecule has 1 aliphatic heterocycles. The quantitative estimate of drug-likeness (QED) is 0.747. The Morgan fingerprint density at radius 1 is 1.26 bits per heavy atom. The number of carbonyl (C=O) groups excluding carboxylic acids is 1. The van der Waals surface area contributed by atoms with Crippen LogP contribution in [0.5, 0.6) is 0 Å². The first-order valence-corrected chi connectivity index (χ1v) is 11.8. The molecular weight excluding hydrogens is 416 g/mol. The van der Waals surface area contributed by atoms with Gasteiger partial charge in [-0.2, -0.15) is 0 Å². The summed E-state index contributed by atoms with van der Waals surface area (Å²) in [5.74, 6) is 0.00752. The standard InChI is InChI=1S/C22H30N4O4S/c1-14-11-13-26(22(14,5)6)18-15(9-10-17(24-18)21(2,3)4)19(27)25-31(29,30)16-8-7-12-23-20(16)28/h7-10,12,14H,11,13H2,1-6H3,(H,23,28)(H,25,27). The number of carbonyl (C=O) groups is 1. The number of aromatic amines is 1. The van der Waals surface area contributed by atoms with Gasteiger partial charge in [-0.05, 0) is 50.5 Å². The Bertz CT molecular complexity index is 1160. The third-order valence-corrected chi connectivity index (χ3v) is 7.48. The maximum absolute atomic E-state index is 13.1. The maximum atomic E-state index is 13.1. The number of nitrogens with zero attached hydrogens (tertiary/aromatic N) is 2. The van der Waals surface area contributed by atoms with Gasteiger partial charge in [0.2, 0.25) is 0 Å². The second-order valence-electron chi connectivity index (χ2n) is 9.61. The first-order chi connectivity index (χ1) is 14.2. The molecule has 3 rings (SSSR count). The van der Waals surface area contributed by atoms with Crippen molar-refractivity contribution < 1.29 is 13.2 Å². The molecule has 1 atom stereocenters. The molecule has 0 bridgehead atoms. The second-order valence-corrected chi connectivity index (χ2v) is 11.3. The van der Waals surface area contributed by atoms with Crippen LogP contribution in [0.3, 0.4) is 0 Å². The van der Waals surface area contributed by atoms with Crippen LogP contribution in [0.2, 0.25) is 0 Å². The largest absolute Gasteiger partial charge is 0.351 e. The van der Waals surface area contributed by atoms with E-state index in [-0.39, 0.29) is 16.5 Å². The van der Waals surface area contributed by atoms with Gasteiger partial charge < -0.3 is 9.88 Å². The first kappa shape index (κ1) is 23.0. The summed E-state index contributed by atoms with van der Waals surface area (Å²) in [7, 11) is -4.35. The molecule has 1 fully saturated rings. The van der Waals surface area contributed by atoms with Crippen LogP contribution in [0.15, 0.2) is 40.2 Å². The Morgan fingerprint density at radius 2 is 1.94 bits per heavy atom. The SMILES string of the molecule is CC1CCN(c2nc(C(C)(C)C)ccc2C(=O)NS(=O)(=O)c2ccc[nH]c2=O)C1(C)C. The lowest BCUT2D eigenvalue weighted by atomic mass is 9.89. The van der Waals surface area contributed by atoms with Crippen LogP contribution in [0.1, 0.15) is 64.0 Å². The molecule has 2 N–H and O–H groups in total. The highest BCUT2D eigenvalue weighted by Gasteiger charge is 2.41. The van der Waals surface area contributed by atoms with E-state index in [1.165, 1.54) is 12.3 Å². The lowest BCUT2D eigenvalue weighted by molar-refractivity contribution is 0.0981. The fourth-order valence-corrected chi connectivity index (χ4v) is 4.73. The molecule has 0 aromatic carbocycles. The molecular formula is C22H30N4O4S. The minimum Gasteiger partial charge on any atom is -0.351 e. The molecule has 1 saturated heterocycles. The molecule has 1 unspecified atom stereocenters. The van der Waals surface area contributed by atoms with Crippen molar-refractivity contribution in [2.75, 3.05) is 11.4 Å². The van der Waals surface area contributed by atoms with Gasteiger partial charge in [-0.1, -0.05) is 27.7 Å². The van der Waals surface area contributed by atoms with Gasteiger partial charge in [-0.3, -0.25) is 9.59 Å². The van der Waals surface area contributed by atoms with E-state index in [0.717, 1.165) is 18.2 Å². The van der Waals surface area contributed by atoms with E-state index >= 15 is 0 Å². The van der Waals surface area contributed by atoms with Gasteiger partial charge in [-0.25, -0.2) is 18.1 Å². The van der Waals surface area contributed by atoms with E-state index in [2.05, 4.69) is 30.7 Å². The number of nitrogens with one attached hydrogen (secondary N) is 2. The molecule has 0 saturated carbocycles. The summed E-state index contributed by atoms with van der Waals surface area (Å²) in [6, 6.07) is 5.90. The van der Waals surface area contributed by atoms with E-state index in [4.69, 9.17) is 4.98 Å². The van der Waals surface area contributed by atoms with Gasteiger partial charge in [0.05, 0.1) is 5.56 Å². The van der Waals surface area contributed by atoms with Gasteiger partial charge in [-0.15, -0.1) is 0 Å². The van der Waals surface area contributed by atoms with E-state index in [9.17, 15) is 18.0 Å². The maximum Gasteiger partial charge on any atom is 0.269 e. The van der Waals surface area contributed by atoms with Crippen LogP contribution < -0.4 is 15.2 Å². The van der Waals surface area contributed by atoms with Crippen molar-refractivity contribution in [2.24, 2.45) is 5.92 Å². The third-order valence-electron chi connectivity index (χ3n) is 6.13. The van der Waals surface area contributed by atoms with Gasteiger partial charge in [0.1, 0.15) is 5.82 Å². The van der Waals surface area contributed by atoms with Crippen molar-refractivity contribution in [1.82, 2.24) is 14.7 Å². The predicted octanol–water partition coefficient (Wildman–Crippen LogP) is 2.81. The molecule has 3 heterocycles. The van der Waals surface area contributed by atoms with Gasteiger partial charge in [0.15, 0.2) is 4.90 Å². The van der Waals surface area contributed by atoms with Crippen molar-refractivity contribution in [3.05, 3.63) is 52.1 Å². The topological polar surface area (TPSA) is 112 Å². The van der Waals surface area contributed by atoms with Crippen LogP contribution >= 0.6 is 0 Å². The summed E-state index contributed by atoms with van der Waals surface area (Å²) in [6.45, 7) is 13.1. The van der Waals surface area contributed by atoms with Crippen molar-refractivity contribution in [2.45, 2.75) is 63.8 Å². The highest BCUT2D eigenvalue weighted by molar-refractivity contribution is 7.90. The Balaban J connectivity index is 2.07. The van der Waals surface area contributed by atoms with E-state index in [1.54, 1.807) is 12.1 Å². The summed E-state index contributed by atoms with van der Waals surface area (Å²) in [4.78, 5) is 33.7. The van der Waals surface area contributed by atoms with Crippen molar-refractivity contribution in [3.8, 4) is 0 Å². The fourth-order valence-electron chi connectivity index (χ4n) is 3.71. The summed E-state index contributed by atoms with van der Waals surface area (Å²) >= 11 is 0. The average Bonchev–Trinajstić information content (AvgIpc) is 2.93. The number of H-pyrrole nitrogens is 1. The zero-order valence-electron chi connectivity index (χ0n) is 18.8. The highest BCUT2D eigenvalue weighted by atomic mass is 32.2. The molecule has 2 aromatic heterocycles. The lowest BCUT2D eigenvalue weighted by Crippen LogP contribution is -2.44. The second kappa shape index (κ2) is 7.78. The molecule has 168 valence electrons. The highest BCUT2D eigenvalue weighted by Crippen LogP contribution is 2.39. The number of amides is 1. The molecule has 8 nitrogen and oxygen atoms in total. The van der Waals surface area contributed by atoms with Crippen LogP contribution in [0, 0.1) is 5.92 Å². The normalized spacial score (nSPS) is 18.8. The monoisotopic (exact) mass is 446 g/mol. The number of pyridine rings is 2. The number of anilines is 1. The molecule has 0 aliphatic carbocycles. The van der Waals surface area contributed by atoms with E-state index in [1.807, 2.05) is 25.5 Å². The first-order valence-electron chi connectivity index (χ1n) is 10.3. The number of sulfonamides is 1. The van der Waals surface area contributed by atoms with E-state index in [0.29, 0.717) is 18.3 Å². The zero-order valence-corrected chi connectivity index (χ0v) is 19.6. The van der Waals surface area contributed by atoms with Crippen LogP contribution in [-0.2, 0) is 15.4 Å². The minimum atomic E-state index is -4.35. The van der Waals surface area contributed by atoms with Gasteiger partial charge in [0, 0.05) is 29.4 Å². The molecule has 1 amide bonds. The third kappa shape index (κ3) is 4.37. The van der Waals surface area contributed by atoms with Crippen LogP contribution in [-0.4, -0.2) is 36.4 Å². The van der Waals surface area contributed by atoms with Gasteiger partial charge in [0.25, 0.3) is 21.5 Å². The molecule has 31 heavy (non-hydrogen) atoms. The molecule has 1 aliphatic rings. The zero-order chi connectivity index (χ0) is 23.2. The summed E-state index contributed by atoms with van der Waals surface area (Å²) in [5, 5.41) is 0. The lowest BCUT2D eigenvalue weighted by Gasteiger charge is -2.37. The smallest absolute Gasteiger partial charge is 0.269 e. The number of rotatable bonds is 4. The number of aromatic nitrogens is 2. The van der Waals surface area contributed by atoms with E-state index < -0.39 is 26.4 Å². The summed E-state index contributed by atoms with van der Waals surface area (Å²) in [5.41, 5.74) is -0.335. The summed E-state index contributed by atoms with van der Waals surface area (Å²) < 4.78 is 27.4. The Morgan fingerprint density at radius 3 is 2.48 bits per heavy atom. The van der Waals surface area contributed by atoms with Crippen molar-refractivity contribution in [1.29, 1.82) is 0 Å². The van der Waals surface area contributed by atoms with Gasteiger partial charge >= 0.3 is 0 Å². The number of hydrogen-bond acceptors (Lipinski definition) is 6. The minimum absolute atomic E-state index is 0.158. The predicted molar refractivity (Wildman–Crippen MR) is 120 cm³/mol. The molecule has 0 radical (unpaired) electrons. The number of hydrogen-bond donors (Lipinski definition) is 2. The van der Waals surface area contributed by atoms with Crippen LogP contribution in [0.4, 0.5) is 5.82 Å². The Hall–Kier alpha value is -2.68. The summed E-state index contributed by atoms with van der Waals surface area (Å²) in [6.07, 6.45) is 2.26. The molecule has 0 spiro atoms. The molecule has 2 aromatic rings. The fraction of sp³-hybridized carbons (Fsp3) is 0.500. The van der Waals surface area contributed by atoms with Crippen molar-refractivity contribution >= 4 is 21.7 Å². The molecule has 9 heteroatoms. The Kier molecular flexibility index (Phi) is 5.77. The average molecular weight is 447 g/mol.